The van der Waals surface area contributed by atoms with Crippen molar-refractivity contribution in [3.63, 3.8) is 0 Å². The van der Waals surface area contributed by atoms with Gasteiger partial charge in [-0.1, -0.05) is 24.3 Å². The third-order valence-electron chi connectivity index (χ3n) is 6.02. The molecule has 2 aliphatic heterocycles. The lowest BCUT2D eigenvalue weighted by Crippen LogP contribution is -2.42. The van der Waals surface area contributed by atoms with Crippen LogP contribution in [0.25, 0.3) is 11.3 Å². The topological polar surface area (TPSA) is 109 Å². The Balaban J connectivity index is 1.26. The minimum atomic E-state index is -0.710. The molecule has 0 radical (unpaired) electrons. The van der Waals surface area contributed by atoms with Crippen LogP contribution in [-0.4, -0.2) is 60.6 Å². The molecule has 1 amide bonds. The summed E-state index contributed by atoms with van der Waals surface area (Å²) in [5, 5.41) is 19.8. The number of carbonyl (C=O) groups excluding carboxylic acids is 1. The molecule has 4 N–H and O–H groups in total. The Morgan fingerprint density at radius 2 is 2.07 bits per heavy atom. The van der Waals surface area contributed by atoms with Crippen LogP contribution in [0.15, 0.2) is 41.3 Å². The van der Waals surface area contributed by atoms with Crippen molar-refractivity contribution in [2.75, 3.05) is 26.2 Å². The first kappa shape index (κ1) is 20.8. The Morgan fingerprint density at radius 1 is 1.27 bits per heavy atom. The molecule has 3 atom stereocenters. The van der Waals surface area contributed by atoms with Crippen molar-refractivity contribution in [1.29, 1.82) is 0 Å². The van der Waals surface area contributed by atoms with Crippen LogP contribution >= 0.6 is 0 Å². The van der Waals surface area contributed by atoms with Gasteiger partial charge in [0.25, 0.3) is 0 Å². The average molecular weight is 415 g/mol. The smallest absolute Gasteiger partial charge is 0.407 e. The van der Waals surface area contributed by atoms with Gasteiger partial charge in [0.2, 0.25) is 0 Å². The van der Waals surface area contributed by atoms with E-state index in [-0.39, 0.29) is 6.04 Å². The number of alkyl carbamates (subject to hydrolysis) is 1. The number of rotatable bonds is 7. The zero-order chi connectivity index (χ0) is 20.8. The first-order chi connectivity index (χ1) is 14.7. The van der Waals surface area contributed by atoms with Crippen molar-refractivity contribution in [1.82, 2.24) is 20.9 Å². The molecular weight excluding hydrogens is 384 g/mol. The van der Waals surface area contributed by atoms with Gasteiger partial charge in [0.1, 0.15) is 12.2 Å². The maximum Gasteiger partial charge on any atom is 0.407 e. The molecule has 3 heterocycles. The second-order valence-electron chi connectivity index (χ2n) is 8.13. The monoisotopic (exact) mass is 414 g/mol. The van der Waals surface area contributed by atoms with Gasteiger partial charge in [0, 0.05) is 18.7 Å². The van der Waals surface area contributed by atoms with Gasteiger partial charge >= 0.3 is 6.09 Å². The number of amides is 1. The van der Waals surface area contributed by atoms with Crippen LogP contribution in [0.5, 0.6) is 0 Å². The van der Waals surface area contributed by atoms with E-state index in [4.69, 9.17) is 9.15 Å². The molecule has 2 aromatic rings. The van der Waals surface area contributed by atoms with Gasteiger partial charge in [-0.2, -0.15) is 0 Å². The molecule has 0 saturated carbocycles. The number of carbonyl (C=O) groups is 1. The zero-order valence-electron chi connectivity index (χ0n) is 17.0. The molecule has 8 heteroatoms. The van der Waals surface area contributed by atoms with Crippen LogP contribution < -0.4 is 16.0 Å². The summed E-state index contributed by atoms with van der Waals surface area (Å²) in [6.07, 6.45) is 5.27. The quantitative estimate of drug-likeness (QED) is 0.546. The summed E-state index contributed by atoms with van der Waals surface area (Å²) in [6, 6.07) is 7.85. The molecule has 0 bridgehead atoms. The van der Waals surface area contributed by atoms with Crippen LogP contribution in [0, 0.1) is 5.92 Å². The number of hydrogen-bond acceptors (Lipinski definition) is 7. The number of β-amino-alcohol motifs (C(OH)–C–C–N with tert-alkyl or cyclic N) is 1. The summed E-state index contributed by atoms with van der Waals surface area (Å²) < 4.78 is 10.9. The van der Waals surface area contributed by atoms with Crippen molar-refractivity contribution in [2.45, 2.75) is 43.9 Å². The number of nitrogens with zero attached hydrogens (tertiary/aromatic N) is 1. The van der Waals surface area contributed by atoms with E-state index in [1.165, 1.54) is 6.39 Å². The molecule has 2 aliphatic rings. The molecule has 162 valence electrons. The van der Waals surface area contributed by atoms with Crippen molar-refractivity contribution in [3.05, 3.63) is 42.4 Å². The van der Waals surface area contributed by atoms with Crippen LogP contribution in [0.1, 0.15) is 24.8 Å². The lowest BCUT2D eigenvalue weighted by Gasteiger charge is -2.24. The van der Waals surface area contributed by atoms with E-state index in [0.29, 0.717) is 25.4 Å². The SMILES string of the molecule is O=C(NCCC1CCNCC1)O[C@@H]1[C@@H](O)CN[C@@H]1Cc1ccc(-c2cnco2)cc1. The fourth-order valence-corrected chi connectivity index (χ4v) is 4.25. The normalized spacial score (nSPS) is 24.6. The number of aliphatic hydroxyl groups excluding tert-OH is 1. The Morgan fingerprint density at radius 3 is 2.80 bits per heavy atom. The Kier molecular flexibility index (Phi) is 6.99. The summed E-state index contributed by atoms with van der Waals surface area (Å²) in [4.78, 5) is 16.2. The van der Waals surface area contributed by atoms with Crippen molar-refractivity contribution in [2.24, 2.45) is 5.92 Å². The Hall–Kier alpha value is -2.42. The molecular formula is C22H30N4O4. The van der Waals surface area contributed by atoms with Crippen LogP contribution in [0.4, 0.5) is 4.79 Å². The summed E-state index contributed by atoms with van der Waals surface area (Å²) in [5.41, 5.74) is 2.04. The number of nitrogens with one attached hydrogen (secondary N) is 3. The van der Waals surface area contributed by atoms with E-state index in [1.807, 2.05) is 24.3 Å². The maximum atomic E-state index is 12.3. The highest BCUT2D eigenvalue weighted by atomic mass is 16.6. The van der Waals surface area contributed by atoms with Gasteiger partial charge in [0.15, 0.2) is 12.2 Å². The van der Waals surface area contributed by atoms with Gasteiger partial charge in [0.05, 0.1) is 12.2 Å². The lowest BCUT2D eigenvalue weighted by molar-refractivity contribution is 0.0188. The summed E-state index contributed by atoms with van der Waals surface area (Å²) in [6.45, 7) is 3.12. The Labute approximate surface area is 176 Å². The summed E-state index contributed by atoms with van der Waals surface area (Å²) in [5.74, 6) is 1.37. The highest BCUT2D eigenvalue weighted by Crippen LogP contribution is 2.22. The largest absolute Gasteiger partial charge is 0.444 e. The molecule has 2 saturated heterocycles. The van der Waals surface area contributed by atoms with E-state index >= 15 is 0 Å². The van der Waals surface area contributed by atoms with E-state index < -0.39 is 18.3 Å². The maximum absolute atomic E-state index is 12.3. The van der Waals surface area contributed by atoms with Crippen LogP contribution in [-0.2, 0) is 11.2 Å². The first-order valence-corrected chi connectivity index (χ1v) is 10.7. The minimum Gasteiger partial charge on any atom is -0.444 e. The summed E-state index contributed by atoms with van der Waals surface area (Å²) >= 11 is 0. The molecule has 0 aliphatic carbocycles. The predicted molar refractivity (Wildman–Crippen MR) is 112 cm³/mol. The van der Waals surface area contributed by atoms with E-state index in [0.717, 1.165) is 49.2 Å². The number of aliphatic hydroxyl groups is 1. The molecule has 8 nitrogen and oxygen atoms in total. The van der Waals surface area contributed by atoms with E-state index in [9.17, 15) is 9.90 Å². The zero-order valence-corrected chi connectivity index (χ0v) is 17.0. The van der Waals surface area contributed by atoms with Gasteiger partial charge < -0.3 is 30.2 Å². The van der Waals surface area contributed by atoms with E-state index in [1.54, 1.807) is 6.20 Å². The number of benzene rings is 1. The molecule has 4 rings (SSSR count). The average Bonchev–Trinajstić information content (AvgIpc) is 3.41. The standard InChI is InChI=1S/C22H30N4O4/c27-19-12-26-18(11-16-1-3-17(4-2-16)20-13-24-14-29-20)21(19)30-22(28)25-10-7-15-5-8-23-9-6-15/h1-4,13-15,18-19,21,23,26-27H,5-12H2,(H,25,28)/t18-,19+,21+/m1/s1. The highest BCUT2D eigenvalue weighted by Gasteiger charge is 2.37. The molecule has 1 aromatic heterocycles. The third kappa shape index (κ3) is 5.38. The van der Waals surface area contributed by atoms with Crippen LogP contribution in [0.2, 0.25) is 0 Å². The van der Waals surface area contributed by atoms with Crippen molar-refractivity contribution >= 4 is 6.09 Å². The second kappa shape index (κ2) is 10.1. The molecule has 1 aromatic carbocycles. The third-order valence-corrected chi connectivity index (χ3v) is 6.02. The second-order valence-corrected chi connectivity index (χ2v) is 8.13. The molecule has 0 spiro atoms. The van der Waals surface area contributed by atoms with Crippen LogP contribution in [0.3, 0.4) is 0 Å². The van der Waals surface area contributed by atoms with Crippen molar-refractivity contribution < 1.29 is 19.1 Å². The summed E-state index contributed by atoms with van der Waals surface area (Å²) in [7, 11) is 0. The number of aromatic nitrogens is 1. The van der Waals surface area contributed by atoms with Gasteiger partial charge in [-0.3, -0.25) is 0 Å². The van der Waals surface area contributed by atoms with Gasteiger partial charge in [-0.25, -0.2) is 9.78 Å². The van der Waals surface area contributed by atoms with Gasteiger partial charge in [-0.05, 0) is 50.3 Å². The van der Waals surface area contributed by atoms with E-state index in [2.05, 4.69) is 20.9 Å². The fourth-order valence-electron chi connectivity index (χ4n) is 4.25. The highest BCUT2D eigenvalue weighted by molar-refractivity contribution is 5.67. The van der Waals surface area contributed by atoms with Gasteiger partial charge in [-0.15, -0.1) is 0 Å². The number of ether oxygens (including phenoxy) is 1. The molecule has 2 fully saturated rings. The number of hydrogen-bond donors (Lipinski definition) is 4. The molecule has 30 heavy (non-hydrogen) atoms. The predicted octanol–water partition coefficient (Wildman–Crippen LogP) is 1.70. The Bertz CT molecular complexity index is 790. The minimum absolute atomic E-state index is 0.133. The lowest BCUT2D eigenvalue weighted by atomic mass is 9.95. The number of oxazole rings is 1. The molecule has 0 unspecified atom stereocenters. The van der Waals surface area contributed by atoms with Crippen molar-refractivity contribution in [3.8, 4) is 11.3 Å². The fraction of sp³-hybridized carbons (Fsp3) is 0.545. The first-order valence-electron chi connectivity index (χ1n) is 10.7. The number of piperidine rings is 1.